The molecule has 7 heteroatoms. The number of sulfone groups is 1. The summed E-state index contributed by atoms with van der Waals surface area (Å²) >= 11 is 0. The van der Waals surface area contributed by atoms with Crippen LogP contribution in [0.2, 0.25) is 0 Å². The lowest BCUT2D eigenvalue weighted by molar-refractivity contribution is 0.171. The monoisotopic (exact) mass is 368 g/mol. The lowest BCUT2D eigenvalue weighted by atomic mass is 10.2. The zero-order valence-electron chi connectivity index (χ0n) is 15.2. The molecule has 0 spiro atoms. The average molecular weight is 368 g/mol. The lowest BCUT2D eigenvalue weighted by Gasteiger charge is -2.25. The Balaban J connectivity index is 1.90. The van der Waals surface area contributed by atoms with E-state index in [0.717, 1.165) is 17.7 Å². The smallest absolute Gasteiger partial charge is 0.317 e. The van der Waals surface area contributed by atoms with Crippen molar-refractivity contribution in [1.82, 2.24) is 10.2 Å². The number of ether oxygens (including phenoxy) is 1. The zero-order valence-corrected chi connectivity index (χ0v) is 16.0. The first-order chi connectivity index (χ1) is 11.8. The van der Waals surface area contributed by atoms with Gasteiger partial charge in [-0.15, -0.1) is 0 Å². The molecule has 1 aromatic rings. The van der Waals surface area contributed by atoms with Crippen molar-refractivity contribution in [2.45, 2.75) is 33.3 Å². The molecule has 6 nitrogen and oxygen atoms in total. The molecule has 0 bridgehead atoms. The number of carbonyl (C=O) groups is 1. The Labute approximate surface area is 150 Å². The first-order valence-corrected chi connectivity index (χ1v) is 10.6. The molecule has 2 atom stereocenters. The average Bonchev–Trinajstić information content (AvgIpc) is 2.69. The van der Waals surface area contributed by atoms with Crippen molar-refractivity contribution in [3.63, 3.8) is 0 Å². The minimum Gasteiger partial charge on any atom is -0.488 e. The number of hydrogen-bond donors (Lipinski definition) is 1. The molecule has 1 saturated heterocycles. The van der Waals surface area contributed by atoms with Crippen molar-refractivity contribution >= 4 is 15.9 Å². The molecular weight excluding hydrogens is 340 g/mol. The topological polar surface area (TPSA) is 75.7 Å². The minimum atomic E-state index is -3.06. The number of hydrogen-bond acceptors (Lipinski definition) is 4. The second kappa shape index (κ2) is 8.56. The van der Waals surface area contributed by atoms with Gasteiger partial charge in [0.05, 0.1) is 18.1 Å². The van der Waals surface area contributed by atoms with Gasteiger partial charge in [0.2, 0.25) is 0 Å². The highest BCUT2D eigenvalue weighted by atomic mass is 32.2. The Kier molecular flexibility index (Phi) is 6.70. The molecule has 140 valence electrons. The number of benzene rings is 1. The van der Waals surface area contributed by atoms with Crippen LogP contribution >= 0.6 is 0 Å². The standard InChI is InChI=1S/C18H28N2O4S/c1-4-16(24-17-8-6-5-7-15(17)3)11-19-18(21)20-9-10-25(22,23)13-14(2)12-20/h5-8,14,16H,4,9-13H2,1-3H3,(H,19,21). The molecular formula is C18H28N2O4S. The van der Waals surface area contributed by atoms with Crippen molar-refractivity contribution in [2.75, 3.05) is 31.1 Å². The van der Waals surface area contributed by atoms with Crippen LogP contribution in [0.3, 0.4) is 0 Å². The van der Waals surface area contributed by atoms with Gasteiger partial charge in [-0.25, -0.2) is 13.2 Å². The number of nitrogens with zero attached hydrogens (tertiary/aromatic N) is 1. The first kappa shape index (κ1) is 19.6. The molecule has 1 N–H and O–H groups in total. The van der Waals surface area contributed by atoms with Crippen LogP contribution in [0.5, 0.6) is 5.75 Å². The maximum Gasteiger partial charge on any atom is 0.317 e. The number of aryl methyl sites for hydroxylation is 1. The molecule has 1 aromatic carbocycles. The second-order valence-electron chi connectivity index (χ2n) is 6.77. The van der Waals surface area contributed by atoms with Crippen molar-refractivity contribution in [2.24, 2.45) is 5.92 Å². The maximum atomic E-state index is 12.4. The molecule has 2 rings (SSSR count). The summed E-state index contributed by atoms with van der Waals surface area (Å²) in [5, 5.41) is 2.89. The van der Waals surface area contributed by atoms with Crippen LogP contribution in [0.25, 0.3) is 0 Å². The molecule has 1 heterocycles. The fourth-order valence-electron chi connectivity index (χ4n) is 2.92. The van der Waals surface area contributed by atoms with Gasteiger partial charge in [-0.05, 0) is 30.9 Å². The highest BCUT2D eigenvalue weighted by molar-refractivity contribution is 7.91. The van der Waals surface area contributed by atoms with E-state index in [0.29, 0.717) is 13.1 Å². The number of urea groups is 1. The van der Waals surface area contributed by atoms with Crippen molar-refractivity contribution < 1.29 is 17.9 Å². The van der Waals surface area contributed by atoms with Gasteiger partial charge in [0.25, 0.3) is 0 Å². The summed E-state index contributed by atoms with van der Waals surface area (Å²) in [6, 6.07) is 7.56. The van der Waals surface area contributed by atoms with Crippen LogP contribution in [0.15, 0.2) is 24.3 Å². The highest BCUT2D eigenvalue weighted by Gasteiger charge is 2.27. The summed E-state index contributed by atoms with van der Waals surface area (Å²) in [7, 11) is -3.06. The molecule has 0 aromatic heterocycles. The minimum absolute atomic E-state index is 0.0294. The van der Waals surface area contributed by atoms with Gasteiger partial charge in [0.1, 0.15) is 11.9 Å². The fourth-order valence-corrected chi connectivity index (χ4v) is 4.56. The van der Waals surface area contributed by atoms with Crippen LogP contribution in [0, 0.1) is 12.8 Å². The van der Waals surface area contributed by atoms with E-state index < -0.39 is 9.84 Å². The largest absolute Gasteiger partial charge is 0.488 e. The summed E-state index contributed by atoms with van der Waals surface area (Å²) in [6.07, 6.45) is 0.637. The van der Waals surface area contributed by atoms with Gasteiger partial charge in [-0.3, -0.25) is 0 Å². The van der Waals surface area contributed by atoms with E-state index in [1.165, 1.54) is 0 Å². The second-order valence-corrected chi connectivity index (χ2v) is 8.99. The first-order valence-electron chi connectivity index (χ1n) is 8.76. The van der Waals surface area contributed by atoms with Crippen LogP contribution in [0.1, 0.15) is 25.8 Å². The predicted molar refractivity (Wildman–Crippen MR) is 98.7 cm³/mol. The van der Waals surface area contributed by atoms with E-state index in [-0.39, 0.29) is 36.1 Å². The fraction of sp³-hybridized carbons (Fsp3) is 0.611. The Hall–Kier alpha value is -1.76. The molecule has 2 unspecified atom stereocenters. The highest BCUT2D eigenvalue weighted by Crippen LogP contribution is 2.18. The normalized spacial score (nSPS) is 21.2. The van der Waals surface area contributed by atoms with Gasteiger partial charge in [0, 0.05) is 13.1 Å². The third-order valence-corrected chi connectivity index (χ3v) is 6.23. The quantitative estimate of drug-likeness (QED) is 0.865. The molecule has 0 aliphatic carbocycles. The zero-order chi connectivity index (χ0) is 18.4. The van der Waals surface area contributed by atoms with Crippen LogP contribution in [-0.4, -0.2) is 56.6 Å². The van der Waals surface area contributed by atoms with E-state index in [4.69, 9.17) is 4.74 Å². The van der Waals surface area contributed by atoms with Gasteiger partial charge in [-0.1, -0.05) is 32.0 Å². The number of amides is 2. The molecule has 1 aliphatic heterocycles. The summed E-state index contributed by atoms with van der Waals surface area (Å²) in [6.45, 7) is 6.95. The number of para-hydroxylation sites is 1. The predicted octanol–water partition coefficient (Wildman–Crippen LogP) is 2.23. The molecule has 1 fully saturated rings. The molecule has 0 saturated carbocycles. The number of nitrogens with one attached hydrogen (secondary N) is 1. The van der Waals surface area contributed by atoms with Crippen molar-refractivity contribution in [1.29, 1.82) is 0 Å². The maximum absolute atomic E-state index is 12.4. The van der Waals surface area contributed by atoms with E-state index in [1.54, 1.807) is 4.90 Å². The summed E-state index contributed by atoms with van der Waals surface area (Å²) < 4.78 is 29.6. The number of rotatable bonds is 5. The van der Waals surface area contributed by atoms with Crippen molar-refractivity contribution in [3.8, 4) is 5.75 Å². The van der Waals surface area contributed by atoms with E-state index in [9.17, 15) is 13.2 Å². The van der Waals surface area contributed by atoms with Crippen LogP contribution in [0.4, 0.5) is 4.79 Å². The summed E-state index contributed by atoms with van der Waals surface area (Å²) in [5.41, 5.74) is 1.05. The SMILES string of the molecule is CCC(CNC(=O)N1CCS(=O)(=O)CC(C)C1)Oc1ccccc1C. The van der Waals surface area contributed by atoms with E-state index in [2.05, 4.69) is 5.32 Å². The molecule has 1 aliphatic rings. The van der Waals surface area contributed by atoms with Gasteiger partial charge < -0.3 is 15.0 Å². The third-order valence-electron chi connectivity index (χ3n) is 4.35. The Morgan fingerprint density at radius 2 is 2.12 bits per heavy atom. The van der Waals surface area contributed by atoms with Gasteiger partial charge in [-0.2, -0.15) is 0 Å². The van der Waals surface area contributed by atoms with Crippen LogP contribution < -0.4 is 10.1 Å². The molecule has 2 amide bonds. The van der Waals surface area contributed by atoms with Crippen LogP contribution in [-0.2, 0) is 9.84 Å². The summed E-state index contributed by atoms with van der Waals surface area (Å²) in [5.74, 6) is 0.938. The Morgan fingerprint density at radius 3 is 2.80 bits per heavy atom. The molecule has 0 radical (unpaired) electrons. The van der Waals surface area contributed by atoms with E-state index >= 15 is 0 Å². The Morgan fingerprint density at radius 1 is 1.40 bits per heavy atom. The molecule has 25 heavy (non-hydrogen) atoms. The Bertz CT molecular complexity index is 690. The lowest BCUT2D eigenvalue weighted by Crippen LogP contribution is -2.45. The third kappa shape index (κ3) is 5.92. The van der Waals surface area contributed by atoms with Crippen molar-refractivity contribution in [3.05, 3.63) is 29.8 Å². The van der Waals surface area contributed by atoms with Gasteiger partial charge >= 0.3 is 6.03 Å². The van der Waals surface area contributed by atoms with Gasteiger partial charge in [0.15, 0.2) is 9.84 Å². The van der Waals surface area contributed by atoms with E-state index in [1.807, 2.05) is 45.0 Å². The number of carbonyl (C=O) groups excluding carboxylic acids is 1. The summed E-state index contributed by atoms with van der Waals surface area (Å²) in [4.78, 5) is 14.0.